The van der Waals surface area contributed by atoms with E-state index in [1.807, 2.05) is 42.7 Å². The van der Waals surface area contributed by atoms with E-state index in [0.29, 0.717) is 45.8 Å². The number of nitrogens with one attached hydrogen (secondary N) is 1. The van der Waals surface area contributed by atoms with E-state index in [-0.39, 0.29) is 41.8 Å². The van der Waals surface area contributed by atoms with Crippen LogP contribution in [0.5, 0.6) is 0 Å². The number of carbonyl (C=O) groups excluding carboxylic acids is 2. The van der Waals surface area contributed by atoms with Crippen LogP contribution in [0.1, 0.15) is 32.4 Å². The highest BCUT2D eigenvalue weighted by atomic mass is 16.5. The summed E-state index contributed by atoms with van der Waals surface area (Å²) in [6, 6.07) is 2.36. The Balaban J connectivity index is 1.46. The number of rotatable bonds is 7. The number of hydrogen-bond acceptors (Lipinski definition) is 6. The van der Waals surface area contributed by atoms with Gasteiger partial charge in [-0.1, -0.05) is 0 Å². The standard InChI is InChI=1S/C22H35N5O4/c1-15(2)23-20(28)10-16-12-27(13-17-4-5-25(3)24-17)18-14-31-19(22(16)18)11-21(29)26-6-8-30-9-7-26/h4-5,15-16,18-19,22H,6-14H2,1-3H3,(H,23,28)/t16-,18-,19+,22-/m1/s1. The summed E-state index contributed by atoms with van der Waals surface area (Å²) in [5.74, 6) is 0.537. The lowest BCUT2D eigenvalue weighted by molar-refractivity contribution is -0.138. The van der Waals surface area contributed by atoms with Crippen LogP contribution in [0.2, 0.25) is 0 Å². The largest absolute Gasteiger partial charge is 0.378 e. The van der Waals surface area contributed by atoms with Crippen LogP contribution in [-0.2, 0) is 32.7 Å². The zero-order valence-corrected chi connectivity index (χ0v) is 18.8. The average Bonchev–Trinajstić information content (AvgIpc) is 3.41. The van der Waals surface area contributed by atoms with E-state index in [4.69, 9.17) is 9.47 Å². The highest BCUT2D eigenvalue weighted by Crippen LogP contribution is 2.42. The zero-order valence-electron chi connectivity index (χ0n) is 18.8. The van der Waals surface area contributed by atoms with Gasteiger partial charge in [0.15, 0.2) is 0 Å². The molecule has 0 radical (unpaired) electrons. The first kappa shape index (κ1) is 22.2. The summed E-state index contributed by atoms with van der Waals surface area (Å²) in [5.41, 5.74) is 1.02. The molecule has 0 aliphatic carbocycles. The first-order valence-electron chi connectivity index (χ1n) is 11.4. The van der Waals surface area contributed by atoms with Crippen molar-refractivity contribution in [2.45, 2.75) is 51.4 Å². The summed E-state index contributed by atoms with van der Waals surface area (Å²) in [7, 11) is 1.92. The van der Waals surface area contributed by atoms with E-state index < -0.39 is 0 Å². The van der Waals surface area contributed by atoms with E-state index in [1.165, 1.54) is 0 Å². The Hall–Kier alpha value is -1.97. The second-order valence-corrected chi connectivity index (χ2v) is 9.31. The molecule has 3 fully saturated rings. The third-order valence-corrected chi connectivity index (χ3v) is 6.61. The zero-order chi connectivity index (χ0) is 22.0. The van der Waals surface area contributed by atoms with Crippen LogP contribution < -0.4 is 5.32 Å². The van der Waals surface area contributed by atoms with Gasteiger partial charge in [0.25, 0.3) is 0 Å². The van der Waals surface area contributed by atoms with Crippen LogP contribution in [0.15, 0.2) is 12.3 Å². The van der Waals surface area contributed by atoms with Gasteiger partial charge in [-0.15, -0.1) is 0 Å². The summed E-state index contributed by atoms with van der Waals surface area (Å²) in [5, 5.41) is 7.55. The maximum Gasteiger partial charge on any atom is 0.225 e. The molecule has 3 saturated heterocycles. The summed E-state index contributed by atoms with van der Waals surface area (Å²) >= 11 is 0. The fourth-order valence-electron chi connectivity index (χ4n) is 5.28. The molecule has 9 heteroatoms. The number of hydrogen-bond donors (Lipinski definition) is 1. The molecule has 4 atom stereocenters. The Morgan fingerprint density at radius 3 is 2.71 bits per heavy atom. The molecular weight excluding hydrogens is 398 g/mol. The van der Waals surface area contributed by atoms with Gasteiger partial charge in [-0.2, -0.15) is 5.10 Å². The monoisotopic (exact) mass is 433 g/mol. The van der Waals surface area contributed by atoms with Crippen LogP contribution in [0, 0.1) is 11.8 Å². The molecule has 0 aromatic carbocycles. The molecule has 3 aliphatic rings. The third-order valence-electron chi connectivity index (χ3n) is 6.61. The third kappa shape index (κ3) is 5.27. The first-order chi connectivity index (χ1) is 14.9. The van der Waals surface area contributed by atoms with Gasteiger partial charge in [-0.05, 0) is 25.8 Å². The van der Waals surface area contributed by atoms with Gasteiger partial charge in [0.2, 0.25) is 11.8 Å². The molecule has 0 spiro atoms. The number of amides is 2. The minimum atomic E-state index is -0.147. The first-order valence-corrected chi connectivity index (χ1v) is 11.4. The molecule has 0 unspecified atom stereocenters. The SMILES string of the molecule is CC(C)NC(=O)C[C@@H]1CN(Cc2ccn(C)n2)[C@@H]2CO[C@@H](CC(=O)N3CCOCC3)[C@H]12. The van der Waals surface area contributed by atoms with Gasteiger partial charge < -0.3 is 19.7 Å². The van der Waals surface area contributed by atoms with Crippen LogP contribution in [0.25, 0.3) is 0 Å². The number of likely N-dealkylation sites (tertiary alicyclic amines) is 1. The highest BCUT2D eigenvalue weighted by molar-refractivity contribution is 5.77. The van der Waals surface area contributed by atoms with Crippen LogP contribution in [0.3, 0.4) is 0 Å². The number of nitrogens with zero attached hydrogens (tertiary/aromatic N) is 4. The number of aryl methyl sites for hydroxylation is 1. The number of ether oxygens (including phenoxy) is 2. The average molecular weight is 434 g/mol. The molecule has 0 bridgehead atoms. The maximum atomic E-state index is 12.9. The fraction of sp³-hybridized carbons (Fsp3) is 0.773. The second kappa shape index (κ2) is 9.67. The van der Waals surface area contributed by atoms with Crippen molar-refractivity contribution in [3.05, 3.63) is 18.0 Å². The van der Waals surface area contributed by atoms with Gasteiger partial charge >= 0.3 is 0 Å². The Morgan fingerprint density at radius 1 is 1.26 bits per heavy atom. The molecule has 4 heterocycles. The summed E-state index contributed by atoms with van der Waals surface area (Å²) < 4.78 is 13.4. The molecule has 1 N–H and O–H groups in total. The van der Waals surface area contributed by atoms with Crippen LogP contribution >= 0.6 is 0 Å². The lowest BCUT2D eigenvalue weighted by Gasteiger charge is -2.29. The normalized spacial score (nSPS) is 28.8. The van der Waals surface area contributed by atoms with Crippen molar-refractivity contribution < 1.29 is 19.1 Å². The molecule has 172 valence electrons. The lowest BCUT2D eigenvalue weighted by Crippen LogP contribution is -2.43. The van der Waals surface area contributed by atoms with E-state index in [2.05, 4.69) is 15.3 Å². The predicted molar refractivity (Wildman–Crippen MR) is 114 cm³/mol. The Kier molecular flexibility index (Phi) is 6.93. The predicted octanol–water partition coefficient (Wildman–Crippen LogP) is 0.399. The number of carbonyl (C=O) groups is 2. The molecule has 4 rings (SSSR count). The van der Waals surface area contributed by atoms with E-state index >= 15 is 0 Å². The van der Waals surface area contributed by atoms with Crippen molar-refractivity contribution in [2.75, 3.05) is 39.5 Å². The Labute approximate surface area is 184 Å². The molecule has 31 heavy (non-hydrogen) atoms. The lowest BCUT2D eigenvalue weighted by atomic mass is 9.84. The van der Waals surface area contributed by atoms with Crippen LogP contribution in [-0.4, -0.2) is 89.0 Å². The van der Waals surface area contributed by atoms with Gasteiger partial charge in [0.05, 0.1) is 38.0 Å². The van der Waals surface area contributed by atoms with Crippen molar-refractivity contribution in [3.63, 3.8) is 0 Å². The summed E-state index contributed by atoms with van der Waals surface area (Å²) in [6.07, 6.45) is 2.64. The smallest absolute Gasteiger partial charge is 0.225 e. The molecular formula is C22H35N5O4. The molecule has 3 aliphatic heterocycles. The van der Waals surface area contributed by atoms with Gasteiger partial charge in [-0.3, -0.25) is 19.2 Å². The van der Waals surface area contributed by atoms with Crippen LogP contribution in [0.4, 0.5) is 0 Å². The van der Waals surface area contributed by atoms with Crippen molar-refractivity contribution in [2.24, 2.45) is 18.9 Å². The maximum absolute atomic E-state index is 12.9. The second-order valence-electron chi connectivity index (χ2n) is 9.31. The topological polar surface area (TPSA) is 88.9 Å². The number of aromatic nitrogens is 2. The molecule has 2 amide bonds. The summed E-state index contributed by atoms with van der Waals surface area (Å²) in [6.45, 7) is 8.59. The minimum absolute atomic E-state index is 0.0728. The van der Waals surface area contributed by atoms with Crippen molar-refractivity contribution in [3.8, 4) is 0 Å². The van der Waals surface area contributed by atoms with Gasteiger partial charge in [0.1, 0.15) is 0 Å². The quantitative estimate of drug-likeness (QED) is 0.670. The van der Waals surface area contributed by atoms with Crippen molar-refractivity contribution in [1.29, 1.82) is 0 Å². The van der Waals surface area contributed by atoms with E-state index in [0.717, 1.165) is 18.8 Å². The Bertz CT molecular complexity index is 776. The molecule has 9 nitrogen and oxygen atoms in total. The number of morpholine rings is 1. The number of fused-ring (bicyclic) bond motifs is 1. The summed E-state index contributed by atoms with van der Waals surface area (Å²) in [4.78, 5) is 29.7. The molecule has 1 aromatic rings. The van der Waals surface area contributed by atoms with E-state index in [1.54, 1.807) is 0 Å². The minimum Gasteiger partial charge on any atom is -0.378 e. The fourth-order valence-corrected chi connectivity index (χ4v) is 5.28. The molecule has 1 aromatic heterocycles. The van der Waals surface area contributed by atoms with Gasteiger partial charge in [-0.25, -0.2) is 0 Å². The highest BCUT2D eigenvalue weighted by Gasteiger charge is 2.51. The van der Waals surface area contributed by atoms with Crippen molar-refractivity contribution >= 4 is 11.8 Å². The van der Waals surface area contributed by atoms with Gasteiger partial charge in [0, 0.05) is 63.8 Å². The van der Waals surface area contributed by atoms with E-state index in [9.17, 15) is 9.59 Å². The molecule has 0 saturated carbocycles. The van der Waals surface area contributed by atoms with Crippen molar-refractivity contribution in [1.82, 2.24) is 24.9 Å². The Morgan fingerprint density at radius 2 is 2.03 bits per heavy atom.